The van der Waals surface area contributed by atoms with Gasteiger partial charge in [-0.3, -0.25) is 4.90 Å². The number of nitrogens with zero attached hydrogens (tertiary/aromatic N) is 1. The fourth-order valence-electron chi connectivity index (χ4n) is 3.14. The van der Waals surface area contributed by atoms with Gasteiger partial charge in [0.25, 0.3) is 0 Å². The number of rotatable bonds is 5. The highest BCUT2D eigenvalue weighted by molar-refractivity contribution is 5.87. The largest absolute Gasteiger partial charge is 0.478 e. The fraction of sp³-hybridized carbons (Fsp3) is 0.316. The predicted molar refractivity (Wildman–Crippen MR) is 90.6 cm³/mol. The van der Waals surface area contributed by atoms with Crippen molar-refractivity contribution in [3.8, 4) is 0 Å². The topological polar surface area (TPSA) is 52.6 Å². The number of carbonyl (C=O) groups is 1. The number of carboxylic acid groups (broad SMARTS) is 1. The first kappa shape index (κ1) is 15.7. The van der Waals surface area contributed by atoms with E-state index < -0.39 is 5.97 Å². The van der Waals surface area contributed by atoms with Gasteiger partial charge in [-0.15, -0.1) is 0 Å². The number of nitrogens with one attached hydrogen (secondary N) is 1. The zero-order valence-corrected chi connectivity index (χ0v) is 13.1. The van der Waals surface area contributed by atoms with Crippen LogP contribution in [0.3, 0.4) is 0 Å². The molecule has 0 bridgehead atoms. The molecule has 0 amide bonds. The molecule has 1 fully saturated rings. The van der Waals surface area contributed by atoms with Gasteiger partial charge in [0.05, 0.1) is 5.56 Å². The molecule has 1 saturated heterocycles. The molecular weight excluding hydrogens is 288 g/mol. The molecule has 1 aliphatic rings. The summed E-state index contributed by atoms with van der Waals surface area (Å²) in [6.45, 7) is 3.71. The number of hydrogen-bond acceptors (Lipinski definition) is 3. The molecule has 0 aromatic heterocycles. The molecule has 0 saturated carbocycles. The summed E-state index contributed by atoms with van der Waals surface area (Å²) >= 11 is 0. The third kappa shape index (κ3) is 4.18. The zero-order valence-electron chi connectivity index (χ0n) is 13.1. The van der Waals surface area contributed by atoms with Crippen molar-refractivity contribution in [3.63, 3.8) is 0 Å². The Kier molecular flexibility index (Phi) is 5.05. The first-order chi connectivity index (χ1) is 11.2. The molecule has 0 spiro atoms. The predicted octanol–water partition coefficient (Wildman–Crippen LogP) is 2.40. The Morgan fingerprint density at radius 3 is 2.70 bits per heavy atom. The maximum absolute atomic E-state index is 11.1. The van der Waals surface area contributed by atoms with Crippen LogP contribution in [0.5, 0.6) is 0 Å². The van der Waals surface area contributed by atoms with Gasteiger partial charge >= 0.3 is 5.97 Å². The maximum atomic E-state index is 11.1. The SMILES string of the molecule is O=C(O)c1cccc(CN2CCNCC2Cc2ccccc2)c1. The van der Waals surface area contributed by atoms with Gasteiger partial charge < -0.3 is 10.4 Å². The van der Waals surface area contributed by atoms with E-state index in [1.54, 1.807) is 12.1 Å². The van der Waals surface area contributed by atoms with E-state index in [4.69, 9.17) is 5.11 Å². The normalized spacial score (nSPS) is 18.7. The van der Waals surface area contributed by atoms with Crippen LogP contribution in [0, 0.1) is 0 Å². The molecular formula is C19H22N2O2. The number of piperazine rings is 1. The van der Waals surface area contributed by atoms with E-state index in [-0.39, 0.29) is 0 Å². The summed E-state index contributed by atoms with van der Waals surface area (Å²) < 4.78 is 0. The lowest BCUT2D eigenvalue weighted by molar-refractivity contribution is 0.0696. The van der Waals surface area contributed by atoms with E-state index in [0.29, 0.717) is 11.6 Å². The Labute approximate surface area is 136 Å². The van der Waals surface area contributed by atoms with E-state index >= 15 is 0 Å². The monoisotopic (exact) mass is 310 g/mol. The van der Waals surface area contributed by atoms with Gasteiger partial charge in [0.15, 0.2) is 0 Å². The number of aromatic carboxylic acids is 1. The van der Waals surface area contributed by atoms with E-state index in [0.717, 1.165) is 38.2 Å². The minimum atomic E-state index is -0.868. The Morgan fingerprint density at radius 2 is 1.91 bits per heavy atom. The van der Waals surface area contributed by atoms with Gasteiger partial charge in [-0.05, 0) is 29.7 Å². The molecule has 0 aliphatic carbocycles. The molecule has 1 atom stereocenters. The summed E-state index contributed by atoms with van der Waals surface area (Å²) in [6.07, 6.45) is 1.01. The summed E-state index contributed by atoms with van der Waals surface area (Å²) in [5.41, 5.74) is 2.76. The number of hydrogen-bond donors (Lipinski definition) is 2. The second-order valence-electron chi connectivity index (χ2n) is 6.02. The van der Waals surface area contributed by atoms with Crippen molar-refractivity contribution in [3.05, 3.63) is 71.3 Å². The van der Waals surface area contributed by atoms with Crippen LogP contribution in [0.25, 0.3) is 0 Å². The third-order valence-electron chi connectivity index (χ3n) is 4.35. The lowest BCUT2D eigenvalue weighted by atomic mass is 10.0. The molecule has 4 nitrogen and oxygen atoms in total. The van der Waals surface area contributed by atoms with Crippen molar-refractivity contribution in [1.82, 2.24) is 10.2 Å². The van der Waals surface area contributed by atoms with Crippen molar-refractivity contribution in [2.75, 3.05) is 19.6 Å². The molecule has 2 N–H and O–H groups in total. The van der Waals surface area contributed by atoms with Gasteiger partial charge in [0.1, 0.15) is 0 Å². The van der Waals surface area contributed by atoms with Gasteiger partial charge in [0, 0.05) is 32.2 Å². The van der Waals surface area contributed by atoms with Crippen molar-refractivity contribution in [2.24, 2.45) is 0 Å². The van der Waals surface area contributed by atoms with Crippen molar-refractivity contribution in [2.45, 2.75) is 19.0 Å². The highest BCUT2D eigenvalue weighted by Gasteiger charge is 2.22. The summed E-state index contributed by atoms with van der Waals surface area (Å²) in [7, 11) is 0. The molecule has 1 unspecified atom stereocenters. The fourth-order valence-corrected chi connectivity index (χ4v) is 3.14. The van der Waals surface area contributed by atoms with Crippen LogP contribution in [-0.2, 0) is 13.0 Å². The quantitative estimate of drug-likeness (QED) is 0.890. The van der Waals surface area contributed by atoms with Gasteiger partial charge in [0.2, 0.25) is 0 Å². The molecule has 3 rings (SSSR count). The molecule has 2 aromatic rings. The van der Waals surface area contributed by atoms with Crippen molar-refractivity contribution >= 4 is 5.97 Å². The summed E-state index contributed by atoms with van der Waals surface area (Å²) in [6, 6.07) is 18.2. The Morgan fingerprint density at radius 1 is 1.13 bits per heavy atom. The first-order valence-electron chi connectivity index (χ1n) is 8.03. The highest BCUT2D eigenvalue weighted by atomic mass is 16.4. The van der Waals surface area contributed by atoms with Gasteiger partial charge in [-0.2, -0.15) is 0 Å². The van der Waals surface area contributed by atoms with Crippen LogP contribution >= 0.6 is 0 Å². The van der Waals surface area contributed by atoms with Crippen molar-refractivity contribution < 1.29 is 9.90 Å². The van der Waals surface area contributed by atoms with Crippen LogP contribution in [0.4, 0.5) is 0 Å². The zero-order chi connectivity index (χ0) is 16.1. The second kappa shape index (κ2) is 7.40. The van der Waals surface area contributed by atoms with Crippen LogP contribution in [0.2, 0.25) is 0 Å². The summed E-state index contributed by atoms with van der Waals surface area (Å²) in [4.78, 5) is 13.6. The Balaban J connectivity index is 1.71. The van der Waals surface area contributed by atoms with Crippen LogP contribution in [0.1, 0.15) is 21.5 Å². The van der Waals surface area contributed by atoms with Crippen LogP contribution in [-0.4, -0.2) is 41.7 Å². The highest BCUT2D eigenvalue weighted by Crippen LogP contribution is 2.15. The molecule has 1 heterocycles. The average Bonchev–Trinajstić information content (AvgIpc) is 2.58. The van der Waals surface area contributed by atoms with Gasteiger partial charge in [-0.1, -0.05) is 42.5 Å². The Bertz CT molecular complexity index is 657. The van der Waals surface area contributed by atoms with Crippen molar-refractivity contribution in [1.29, 1.82) is 0 Å². The first-order valence-corrected chi connectivity index (χ1v) is 8.03. The molecule has 4 heteroatoms. The van der Waals surface area contributed by atoms with E-state index in [1.807, 2.05) is 18.2 Å². The van der Waals surface area contributed by atoms with Crippen LogP contribution < -0.4 is 5.32 Å². The van der Waals surface area contributed by atoms with E-state index in [1.165, 1.54) is 5.56 Å². The molecule has 23 heavy (non-hydrogen) atoms. The van der Waals surface area contributed by atoms with E-state index in [9.17, 15) is 4.79 Å². The molecule has 2 aromatic carbocycles. The lowest BCUT2D eigenvalue weighted by Crippen LogP contribution is -2.51. The second-order valence-corrected chi connectivity index (χ2v) is 6.02. The number of benzene rings is 2. The minimum absolute atomic E-state index is 0.359. The lowest BCUT2D eigenvalue weighted by Gasteiger charge is -2.36. The van der Waals surface area contributed by atoms with Gasteiger partial charge in [-0.25, -0.2) is 4.79 Å². The third-order valence-corrected chi connectivity index (χ3v) is 4.35. The summed E-state index contributed by atoms with van der Waals surface area (Å²) in [5, 5.41) is 12.6. The summed E-state index contributed by atoms with van der Waals surface area (Å²) in [5.74, 6) is -0.868. The molecule has 0 radical (unpaired) electrons. The molecule has 1 aliphatic heterocycles. The van der Waals surface area contributed by atoms with Crippen LogP contribution in [0.15, 0.2) is 54.6 Å². The van der Waals surface area contributed by atoms with E-state index in [2.05, 4.69) is 34.5 Å². The average molecular weight is 310 g/mol. The minimum Gasteiger partial charge on any atom is -0.478 e. The number of carboxylic acids is 1. The maximum Gasteiger partial charge on any atom is 0.335 e. The standard InChI is InChI=1S/C19H22N2O2/c22-19(23)17-8-4-7-16(11-17)14-21-10-9-20-13-18(21)12-15-5-2-1-3-6-15/h1-8,11,18,20H,9-10,12-14H2,(H,22,23). The molecule has 120 valence electrons. The Hall–Kier alpha value is -2.17. The smallest absolute Gasteiger partial charge is 0.335 e.